The molecule has 0 bridgehead atoms. The van der Waals surface area contributed by atoms with Crippen molar-refractivity contribution < 1.29 is 14.3 Å². The summed E-state index contributed by atoms with van der Waals surface area (Å²) in [4.78, 5) is 11.4. The molecule has 0 saturated heterocycles. The lowest BCUT2D eigenvalue weighted by molar-refractivity contribution is -0.0104. The lowest BCUT2D eigenvalue weighted by Crippen LogP contribution is -2.24. The second kappa shape index (κ2) is 5.82. The van der Waals surface area contributed by atoms with Crippen molar-refractivity contribution in [3.05, 3.63) is 29.8 Å². The lowest BCUT2D eigenvalue weighted by Gasteiger charge is -2.25. The molecule has 92 valence electrons. The van der Waals surface area contributed by atoms with Gasteiger partial charge in [-0.25, -0.2) is 0 Å². The Labute approximate surface area is 102 Å². The van der Waals surface area contributed by atoms with Crippen LogP contribution in [0.25, 0.3) is 0 Å². The summed E-state index contributed by atoms with van der Waals surface area (Å²) in [6.07, 6.45) is 4.05. The van der Waals surface area contributed by atoms with Crippen LogP contribution in [0.5, 0.6) is 5.75 Å². The third-order valence-electron chi connectivity index (χ3n) is 3.01. The van der Waals surface area contributed by atoms with Gasteiger partial charge < -0.3 is 9.47 Å². The summed E-state index contributed by atoms with van der Waals surface area (Å²) in [6, 6.07) is 7.31. The highest BCUT2D eigenvalue weighted by Crippen LogP contribution is 2.22. The van der Waals surface area contributed by atoms with E-state index in [0.29, 0.717) is 30.6 Å². The molecular weight excluding hydrogens is 216 g/mol. The monoisotopic (exact) mass is 234 g/mol. The molecule has 1 fully saturated rings. The van der Waals surface area contributed by atoms with Gasteiger partial charge >= 0.3 is 0 Å². The molecule has 17 heavy (non-hydrogen) atoms. The maximum atomic E-state index is 11.4. The molecule has 3 nitrogen and oxygen atoms in total. The molecule has 0 amide bonds. The van der Waals surface area contributed by atoms with Crippen molar-refractivity contribution in [3.8, 4) is 5.75 Å². The van der Waals surface area contributed by atoms with Crippen molar-refractivity contribution in [2.24, 2.45) is 0 Å². The van der Waals surface area contributed by atoms with E-state index in [2.05, 4.69) is 0 Å². The van der Waals surface area contributed by atoms with Gasteiger partial charge in [0.05, 0.1) is 18.3 Å². The second-order valence-corrected chi connectivity index (χ2v) is 4.32. The molecular formula is C14H18O3. The fraction of sp³-hybridized carbons (Fsp3) is 0.500. The van der Waals surface area contributed by atoms with Crippen molar-refractivity contribution >= 4 is 5.78 Å². The topological polar surface area (TPSA) is 35.5 Å². The van der Waals surface area contributed by atoms with Gasteiger partial charge in [0.25, 0.3) is 0 Å². The predicted octanol–water partition coefficient (Wildman–Crippen LogP) is 2.84. The highest BCUT2D eigenvalue weighted by atomic mass is 16.5. The molecule has 0 aromatic heterocycles. The summed E-state index contributed by atoms with van der Waals surface area (Å²) in [5.41, 5.74) is 0.635. The first-order valence-electron chi connectivity index (χ1n) is 6.12. The fourth-order valence-electron chi connectivity index (χ4n) is 1.79. The molecule has 1 aromatic carbocycles. The minimum atomic E-state index is 0.0283. The number of hydrogen-bond donors (Lipinski definition) is 0. The van der Waals surface area contributed by atoms with Gasteiger partial charge in [0.15, 0.2) is 5.78 Å². The Hall–Kier alpha value is -1.35. The minimum absolute atomic E-state index is 0.0283. The van der Waals surface area contributed by atoms with E-state index in [1.54, 1.807) is 13.0 Å². The van der Waals surface area contributed by atoms with Gasteiger partial charge in [-0.05, 0) is 38.3 Å². The van der Waals surface area contributed by atoms with Crippen LogP contribution >= 0.6 is 0 Å². The normalized spacial score (nSPS) is 15.4. The lowest BCUT2D eigenvalue weighted by atomic mass is 9.96. The van der Waals surface area contributed by atoms with Crippen molar-refractivity contribution in [1.82, 2.24) is 0 Å². The predicted molar refractivity (Wildman–Crippen MR) is 65.5 cm³/mol. The highest BCUT2D eigenvalue weighted by molar-refractivity contribution is 5.96. The van der Waals surface area contributed by atoms with Crippen LogP contribution < -0.4 is 4.74 Å². The number of ketones is 1. The molecule has 0 aliphatic heterocycles. The number of hydrogen-bond acceptors (Lipinski definition) is 3. The number of ether oxygens (including phenoxy) is 2. The molecule has 0 atom stereocenters. The van der Waals surface area contributed by atoms with Gasteiger partial charge in [-0.2, -0.15) is 0 Å². The first kappa shape index (κ1) is 12.1. The second-order valence-electron chi connectivity index (χ2n) is 4.32. The van der Waals surface area contributed by atoms with Crippen molar-refractivity contribution in [3.63, 3.8) is 0 Å². The van der Waals surface area contributed by atoms with E-state index in [-0.39, 0.29) is 5.78 Å². The Morgan fingerprint density at radius 2 is 2.06 bits per heavy atom. The van der Waals surface area contributed by atoms with Crippen LogP contribution in [0.4, 0.5) is 0 Å². The summed E-state index contributed by atoms with van der Waals surface area (Å²) in [7, 11) is 0. The van der Waals surface area contributed by atoms with Gasteiger partial charge in [-0.15, -0.1) is 0 Å². The first-order chi connectivity index (χ1) is 8.27. The summed E-state index contributed by atoms with van der Waals surface area (Å²) in [6.45, 7) is 2.64. The molecule has 1 aromatic rings. The molecule has 0 unspecified atom stereocenters. The summed E-state index contributed by atoms with van der Waals surface area (Å²) >= 11 is 0. The SMILES string of the molecule is CC(=O)c1ccccc1OCCOC1CCC1. The fourth-order valence-corrected chi connectivity index (χ4v) is 1.79. The maximum Gasteiger partial charge on any atom is 0.163 e. The van der Waals surface area contributed by atoms with Gasteiger partial charge in [-0.1, -0.05) is 12.1 Å². The van der Waals surface area contributed by atoms with E-state index < -0.39 is 0 Å². The Bertz CT molecular complexity index is 383. The van der Waals surface area contributed by atoms with E-state index in [0.717, 1.165) is 0 Å². The maximum absolute atomic E-state index is 11.4. The quantitative estimate of drug-likeness (QED) is 0.561. The Kier molecular flexibility index (Phi) is 4.15. The molecule has 1 saturated carbocycles. The van der Waals surface area contributed by atoms with Crippen molar-refractivity contribution in [1.29, 1.82) is 0 Å². The summed E-state index contributed by atoms with van der Waals surface area (Å²) < 4.78 is 11.2. The zero-order chi connectivity index (χ0) is 12.1. The van der Waals surface area contributed by atoms with Crippen LogP contribution in [-0.2, 0) is 4.74 Å². The van der Waals surface area contributed by atoms with Gasteiger partial charge in [0.1, 0.15) is 12.4 Å². The van der Waals surface area contributed by atoms with Crippen molar-refractivity contribution in [2.75, 3.05) is 13.2 Å². The van der Waals surface area contributed by atoms with Crippen LogP contribution in [-0.4, -0.2) is 25.1 Å². The third kappa shape index (κ3) is 3.30. The third-order valence-corrected chi connectivity index (χ3v) is 3.01. The van der Waals surface area contributed by atoms with E-state index in [1.165, 1.54) is 19.3 Å². The molecule has 1 aliphatic carbocycles. The number of para-hydroxylation sites is 1. The van der Waals surface area contributed by atoms with Crippen molar-refractivity contribution in [2.45, 2.75) is 32.3 Å². The van der Waals surface area contributed by atoms with E-state index >= 15 is 0 Å². The molecule has 0 N–H and O–H groups in total. The molecule has 2 rings (SSSR count). The molecule has 0 spiro atoms. The number of carbonyl (C=O) groups excluding carboxylic acids is 1. The smallest absolute Gasteiger partial charge is 0.163 e. The summed E-state index contributed by atoms with van der Waals surface area (Å²) in [5.74, 6) is 0.678. The molecule has 0 radical (unpaired) electrons. The average molecular weight is 234 g/mol. The van der Waals surface area contributed by atoms with Crippen LogP contribution in [0.3, 0.4) is 0 Å². The number of benzene rings is 1. The zero-order valence-corrected chi connectivity index (χ0v) is 10.1. The molecule has 1 aliphatic rings. The first-order valence-corrected chi connectivity index (χ1v) is 6.12. The Balaban J connectivity index is 1.79. The average Bonchev–Trinajstić information content (AvgIpc) is 2.26. The Morgan fingerprint density at radius 1 is 1.29 bits per heavy atom. The van der Waals surface area contributed by atoms with E-state index in [4.69, 9.17) is 9.47 Å². The van der Waals surface area contributed by atoms with Crippen LogP contribution in [0.15, 0.2) is 24.3 Å². The van der Waals surface area contributed by atoms with Gasteiger partial charge in [0, 0.05) is 0 Å². The summed E-state index contributed by atoms with van der Waals surface area (Å²) in [5, 5.41) is 0. The Morgan fingerprint density at radius 3 is 2.71 bits per heavy atom. The highest BCUT2D eigenvalue weighted by Gasteiger charge is 2.17. The number of carbonyl (C=O) groups is 1. The minimum Gasteiger partial charge on any atom is -0.490 e. The molecule has 0 heterocycles. The van der Waals surface area contributed by atoms with Gasteiger partial charge in [0.2, 0.25) is 0 Å². The number of Topliss-reactive ketones (excluding diaryl/α,β-unsaturated/α-hetero) is 1. The van der Waals surface area contributed by atoms with E-state index in [9.17, 15) is 4.79 Å². The van der Waals surface area contributed by atoms with E-state index in [1.807, 2.05) is 18.2 Å². The standard InChI is InChI=1S/C14H18O3/c1-11(15)13-7-2-3-8-14(13)17-10-9-16-12-5-4-6-12/h2-3,7-8,12H,4-6,9-10H2,1H3. The van der Waals surface area contributed by atoms with Crippen LogP contribution in [0.2, 0.25) is 0 Å². The molecule has 3 heteroatoms. The largest absolute Gasteiger partial charge is 0.490 e. The van der Waals surface area contributed by atoms with Crippen LogP contribution in [0, 0.1) is 0 Å². The van der Waals surface area contributed by atoms with Crippen LogP contribution in [0.1, 0.15) is 36.5 Å². The number of rotatable bonds is 6. The zero-order valence-electron chi connectivity index (χ0n) is 10.1. The van der Waals surface area contributed by atoms with Gasteiger partial charge in [-0.3, -0.25) is 4.79 Å².